The zero-order chi connectivity index (χ0) is 15.2. The molecule has 7 heteroatoms. The van der Waals surface area contributed by atoms with E-state index in [9.17, 15) is 23.1 Å². The Morgan fingerprint density at radius 2 is 1.71 bits per heavy atom. The number of alkyl halides is 3. The van der Waals surface area contributed by atoms with Crippen LogP contribution in [0.2, 0.25) is 0 Å². The van der Waals surface area contributed by atoms with E-state index < -0.39 is 28.7 Å². The van der Waals surface area contributed by atoms with Crippen molar-refractivity contribution in [3.05, 3.63) is 35.4 Å². The van der Waals surface area contributed by atoms with E-state index in [2.05, 4.69) is 0 Å². The van der Waals surface area contributed by atoms with Gasteiger partial charge in [0.05, 0.1) is 5.56 Å². The summed E-state index contributed by atoms with van der Waals surface area (Å²) < 4.78 is 37.6. The summed E-state index contributed by atoms with van der Waals surface area (Å²) in [5.41, 5.74) is 2.62. The highest BCUT2D eigenvalue weighted by Crippen LogP contribution is 2.38. The number of halogens is 4. The van der Waals surface area contributed by atoms with E-state index in [0.717, 1.165) is 12.1 Å². The molecule has 0 unspecified atom stereocenters. The molecule has 3 nitrogen and oxygen atoms in total. The standard InChI is InChI=1S/C14H16F3NO2.ClH/c1-12(20)7-2-8-13(18,11(12)19)9-3-5-10(6-4-9)14(15,16)17;/h3-6,20H,2,7-8,18H2,1H3;1H/t12-,13+;/m1./s1. The lowest BCUT2D eigenvalue weighted by Crippen LogP contribution is -2.57. The quantitative estimate of drug-likeness (QED) is 0.835. The summed E-state index contributed by atoms with van der Waals surface area (Å²) in [6.07, 6.45) is -3.27. The summed E-state index contributed by atoms with van der Waals surface area (Å²) >= 11 is 0. The van der Waals surface area contributed by atoms with Gasteiger partial charge in [0.1, 0.15) is 11.1 Å². The number of carbonyl (C=O) groups is 1. The molecular weight excluding hydrogens is 307 g/mol. The Labute approximate surface area is 126 Å². The van der Waals surface area contributed by atoms with Crippen LogP contribution < -0.4 is 5.73 Å². The fourth-order valence-corrected chi connectivity index (χ4v) is 2.65. The molecule has 1 aromatic rings. The van der Waals surface area contributed by atoms with Crippen LogP contribution in [0, 0.1) is 0 Å². The van der Waals surface area contributed by atoms with E-state index >= 15 is 0 Å². The molecule has 0 aliphatic heterocycles. The lowest BCUT2D eigenvalue weighted by atomic mass is 9.70. The van der Waals surface area contributed by atoms with Gasteiger partial charge in [-0.1, -0.05) is 12.1 Å². The molecule has 0 saturated heterocycles. The molecule has 1 fully saturated rings. The Morgan fingerprint density at radius 1 is 1.19 bits per heavy atom. The number of aliphatic hydroxyl groups is 1. The fourth-order valence-electron chi connectivity index (χ4n) is 2.65. The summed E-state index contributed by atoms with van der Waals surface area (Å²) in [6.45, 7) is 1.39. The van der Waals surface area contributed by atoms with Crippen LogP contribution in [0.15, 0.2) is 24.3 Å². The molecule has 118 valence electrons. The average Bonchev–Trinajstić information content (AvgIpc) is 2.35. The van der Waals surface area contributed by atoms with Crippen LogP contribution in [-0.2, 0) is 16.5 Å². The van der Waals surface area contributed by atoms with Gasteiger partial charge in [0.15, 0.2) is 5.78 Å². The lowest BCUT2D eigenvalue weighted by Gasteiger charge is -2.40. The van der Waals surface area contributed by atoms with Gasteiger partial charge in [-0.05, 0) is 43.9 Å². The first-order valence-electron chi connectivity index (χ1n) is 6.31. The Hall–Kier alpha value is -1.11. The number of ketones is 1. The molecule has 2 atom stereocenters. The molecule has 1 aliphatic carbocycles. The van der Waals surface area contributed by atoms with Gasteiger partial charge in [-0.25, -0.2) is 0 Å². The maximum atomic E-state index is 12.5. The van der Waals surface area contributed by atoms with Crippen LogP contribution in [0.5, 0.6) is 0 Å². The first kappa shape index (κ1) is 17.9. The van der Waals surface area contributed by atoms with Crippen LogP contribution in [0.3, 0.4) is 0 Å². The predicted octanol–water partition coefficient (Wildman–Crippen LogP) is 2.79. The van der Waals surface area contributed by atoms with Crippen molar-refractivity contribution >= 4 is 18.2 Å². The average molecular weight is 324 g/mol. The van der Waals surface area contributed by atoms with Crippen molar-refractivity contribution < 1.29 is 23.1 Å². The molecule has 0 amide bonds. The number of carbonyl (C=O) groups excluding carboxylic acids is 1. The maximum Gasteiger partial charge on any atom is 0.416 e. The summed E-state index contributed by atoms with van der Waals surface area (Å²) in [5.74, 6) is -0.545. The second-order valence-corrected chi connectivity index (χ2v) is 5.50. The number of Topliss-reactive ketones (excluding diaryl/α,β-unsaturated/α-hetero) is 1. The largest absolute Gasteiger partial charge is 0.416 e. The molecule has 0 radical (unpaired) electrons. The highest BCUT2D eigenvalue weighted by atomic mass is 35.5. The second-order valence-electron chi connectivity index (χ2n) is 5.50. The fraction of sp³-hybridized carbons (Fsp3) is 0.500. The third kappa shape index (κ3) is 3.22. The minimum Gasteiger partial charge on any atom is -0.382 e. The maximum absolute atomic E-state index is 12.5. The van der Waals surface area contributed by atoms with Gasteiger partial charge < -0.3 is 10.8 Å². The predicted molar refractivity (Wildman–Crippen MR) is 74.0 cm³/mol. The molecule has 2 rings (SSSR count). The summed E-state index contributed by atoms with van der Waals surface area (Å²) in [5, 5.41) is 10.0. The van der Waals surface area contributed by atoms with Gasteiger partial charge in [-0.3, -0.25) is 4.79 Å². The van der Waals surface area contributed by atoms with E-state index in [1.54, 1.807) is 0 Å². The van der Waals surface area contributed by atoms with Gasteiger partial charge in [-0.15, -0.1) is 12.4 Å². The van der Waals surface area contributed by atoms with Crippen LogP contribution in [0.25, 0.3) is 0 Å². The molecule has 1 saturated carbocycles. The van der Waals surface area contributed by atoms with Gasteiger partial charge in [0.25, 0.3) is 0 Å². The Kier molecular flexibility index (Phi) is 4.77. The highest BCUT2D eigenvalue weighted by Gasteiger charge is 2.48. The second kappa shape index (κ2) is 5.59. The Balaban J connectivity index is 0.00000220. The van der Waals surface area contributed by atoms with E-state index in [1.807, 2.05) is 0 Å². The van der Waals surface area contributed by atoms with Crippen LogP contribution in [0.4, 0.5) is 13.2 Å². The van der Waals surface area contributed by atoms with Crippen LogP contribution >= 0.6 is 12.4 Å². The molecule has 21 heavy (non-hydrogen) atoms. The van der Waals surface area contributed by atoms with E-state index in [0.29, 0.717) is 24.8 Å². The monoisotopic (exact) mass is 323 g/mol. The van der Waals surface area contributed by atoms with Crippen molar-refractivity contribution in [2.45, 2.75) is 43.5 Å². The zero-order valence-electron chi connectivity index (χ0n) is 11.4. The number of benzene rings is 1. The zero-order valence-corrected chi connectivity index (χ0v) is 12.2. The minimum absolute atomic E-state index is 0. The highest BCUT2D eigenvalue weighted by molar-refractivity contribution is 5.96. The summed E-state index contributed by atoms with van der Waals surface area (Å²) in [6, 6.07) is 4.23. The third-order valence-electron chi connectivity index (χ3n) is 3.86. The van der Waals surface area contributed by atoms with Crippen molar-refractivity contribution in [2.75, 3.05) is 0 Å². The molecule has 0 bridgehead atoms. The third-order valence-corrected chi connectivity index (χ3v) is 3.86. The first-order chi connectivity index (χ1) is 9.07. The molecule has 1 aliphatic rings. The number of nitrogens with two attached hydrogens (primary N) is 1. The van der Waals surface area contributed by atoms with E-state index in [1.165, 1.54) is 19.1 Å². The van der Waals surface area contributed by atoms with Crippen molar-refractivity contribution in [1.82, 2.24) is 0 Å². The Morgan fingerprint density at radius 3 is 2.19 bits per heavy atom. The molecule has 0 aromatic heterocycles. The van der Waals surface area contributed by atoms with Gasteiger partial charge in [0.2, 0.25) is 0 Å². The SMILES string of the molecule is C[C@@]1(O)CCC[C@](N)(c2ccc(C(F)(F)F)cc2)C1=O.Cl. The Bertz CT molecular complexity index is 528. The number of hydrogen-bond donors (Lipinski definition) is 2. The molecular formula is C14H17ClF3NO2. The van der Waals surface area contributed by atoms with Crippen LogP contribution in [-0.4, -0.2) is 16.5 Å². The van der Waals surface area contributed by atoms with Crippen molar-refractivity contribution in [1.29, 1.82) is 0 Å². The topological polar surface area (TPSA) is 63.3 Å². The van der Waals surface area contributed by atoms with Crippen molar-refractivity contribution in [2.24, 2.45) is 5.73 Å². The van der Waals surface area contributed by atoms with Crippen LogP contribution in [0.1, 0.15) is 37.3 Å². The van der Waals surface area contributed by atoms with Crippen molar-refractivity contribution in [3.8, 4) is 0 Å². The molecule has 0 heterocycles. The van der Waals surface area contributed by atoms with Gasteiger partial charge in [0, 0.05) is 0 Å². The smallest absolute Gasteiger partial charge is 0.382 e. The lowest BCUT2D eigenvalue weighted by molar-refractivity contribution is -0.146. The normalized spacial score (nSPS) is 29.9. The summed E-state index contributed by atoms with van der Waals surface area (Å²) in [7, 11) is 0. The van der Waals surface area contributed by atoms with E-state index in [-0.39, 0.29) is 12.4 Å². The molecule has 3 N–H and O–H groups in total. The van der Waals surface area contributed by atoms with Crippen molar-refractivity contribution in [3.63, 3.8) is 0 Å². The number of hydrogen-bond acceptors (Lipinski definition) is 3. The minimum atomic E-state index is -4.43. The first-order valence-corrected chi connectivity index (χ1v) is 6.31. The van der Waals surface area contributed by atoms with Gasteiger partial charge >= 0.3 is 6.18 Å². The van der Waals surface area contributed by atoms with E-state index in [4.69, 9.17) is 5.73 Å². The number of rotatable bonds is 1. The summed E-state index contributed by atoms with van der Waals surface area (Å²) in [4.78, 5) is 12.3. The van der Waals surface area contributed by atoms with Gasteiger partial charge in [-0.2, -0.15) is 13.2 Å². The molecule has 0 spiro atoms. The molecule has 1 aromatic carbocycles.